The summed E-state index contributed by atoms with van der Waals surface area (Å²) < 4.78 is 5.80. The van der Waals surface area contributed by atoms with Gasteiger partial charge in [0, 0.05) is 18.4 Å². The van der Waals surface area contributed by atoms with Gasteiger partial charge in [0.05, 0.1) is 11.5 Å². The Hall–Kier alpha value is -0.870. The number of ether oxygens (including phenoxy) is 1. The third-order valence-electron chi connectivity index (χ3n) is 5.73. The summed E-state index contributed by atoms with van der Waals surface area (Å²) in [5.74, 6) is 0.122. The van der Waals surface area contributed by atoms with Crippen molar-refractivity contribution >= 4 is 5.97 Å². The summed E-state index contributed by atoms with van der Waals surface area (Å²) in [6, 6.07) is 0. The Morgan fingerprint density at radius 2 is 2.10 bits per heavy atom. The zero-order valence-electron chi connectivity index (χ0n) is 13.6. The first-order valence-electron chi connectivity index (χ1n) is 8.07. The van der Waals surface area contributed by atoms with Crippen molar-refractivity contribution in [2.75, 3.05) is 20.6 Å². The first-order valence-corrected chi connectivity index (χ1v) is 8.07. The quantitative estimate of drug-likeness (QED) is 0.625. The number of aliphatic hydroxyl groups is 1. The van der Waals surface area contributed by atoms with Crippen LogP contribution in [-0.2, 0) is 9.53 Å². The van der Waals surface area contributed by atoms with Crippen LogP contribution in [0, 0.1) is 17.8 Å². The molecule has 0 aromatic carbocycles. The van der Waals surface area contributed by atoms with Gasteiger partial charge in [-0.05, 0) is 53.6 Å². The van der Waals surface area contributed by atoms with Crippen molar-refractivity contribution < 1.29 is 14.6 Å². The highest BCUT2D eigenvalue weighted by atomic mass is 16.6. The van der Waals surface area contributed by atoms with Crippen LogP contribution in [0.15, 0.2) is 11.1 Å². The van der Waals surface area contributed by atoms with E-state index in [0.29, 0.717) is 0 Å². The SMILES string of the molecule is CC1=C2CC[C@@](C)(O)C2[C@H]2OC(=O)[C@@H](CN(C)C)C2CC1. The molecular formula is C17H27NO3. The van der Waals surface area contributed by atoms with Gasteiger partial charge in [-0.3, -0.25) is 4.79 Å². The van der Waals surface area contributed by atoms with Gasteiger partial charge < -0.3 is 14.7 Å². The van der Waals surface area contributed by atoms with E-state index in [1.165, 1.54) is 11.1 Å². The number of rotatable bonds is 2. The molecule has 2 fully saturated rings. The van der Waals surface area contributed by atoms with Gasteiger partial charge in [-0.15, -0.1) is 0 Å². The van der Waals surface area contributed by atoms with Crippen molar-refractivity contribution in [2.45, 2.75) is 51.2 Å². The van der Waals surface area contributed by atoms with Crippen LogP contribution in [0.4, 0.5) is 0 Å². The van der Waals surface area contributed by atoms with E-state index in [2.05, 4.69) is 11.8 Å². The van der Waals surface area contributed by atoms with Crippen LogP contribution in [0.1, 0.15) is 39.5 Å². The Kier molecular flexibility index (Phi) is 3.65. The van der Waals surface area contributed by atoms with Crippen molar-refractivity contribution in [3.05, 3.63) is 11.1 Å². The highest BCUT2D eigenvalue weighted by Gasteiger charge is 2.56. The van der Waals surface area contributed by atoms with Crippen molar-refractivity contribution in [2.24, 2.45) is 17.8 Å². The van der Waals surface area contributed by atoms with Crippen LogP contribution in [0.3, 0.4) is 0 Å². The van der Waals surface area contributed by atoms with E-state index in [1.807, 2.05) is 21.0 Å². The molecule has 1 heterocycles. The lowest BCUT2D eigenvalue weighted by atomic mass is 9.77. The summed E-state index contributed by atoms with van der Waals surface area (Å²) in [6.07, 6.45) is 3.62. The molecule has 0 aromatic rings. The van der Waals surface area contributed by atoms with Gasteiger partial charge in [0.1, 0.15) is 6.10 Å². The van der Waals surface area contributed by atoms with Crippen LogP contribution < -0.4 is 0 Å². The average molecular weight is 293 g/mol. The molecule has 0 amide bonds. The van der Waals surface area contributed by atoms with Gasteiger partial charge in [-0.1, -0.05) is 11.1 Å². The van der Waals surface area contributed by atoms with Crippen molar-refractivity contribution in [1.82, 2.24) is 4.90 Å². The maximum absolute atomic E-state index is 12.3. The second-order valence-corrected chi connectivity index (χ2v) is 7.61. The molecule has 0 spiro atoms. The maximum atomic E-state index is 12.3. The molecule has 0 bridgehead atoms. The molecule has 5 atom stereocenters. The predicted octanol–water partition coefficient (Wildman–Crippen LogP) is 1.98. The summed E-state index contributed by atoms with van der Waals surface area (Å²) in [4.78, 5) is 14.4. The van der Waals surface area contributed by atoms with Gasteiger partial charge in [-0.25, -0.2) is 0 Å². The molecular weight excluding hydrogens is 266 g/mol. The summed E-state index contributed by atoms with van der Waals surface area (Å²) >= 11 is 0. The number of fused-ring (bicyclic) bond motifs is 3. The number of carbonyl (C=O) groups is 1. The molecule has 4 heteroatoms. The van der Waals surface area contributed by atoms with Gasteiger partial charge in [0.2, 0.25) is 0 Å². The molecule has 1 saturated carbocycles. The Balaban J connectivity index is 1.95. The fourth-order valence-electron chi connectivity index (χ4n) is 4.65. The first kappa shape index (κ1) is 15.0. The third-order valence-corrected chi connectivity index (χ3v) is 5.73. The molecule has 3 rings (SSSR count). The van der Waals surface area contributed by atoms with Gasteiger partial charge >= 0.3 is 5.97 Å². The number of allylic oxidation sites excluding steroid dienone is 1. The smallest absolute Gasteiger partial charge is 0.310 e. The molecule has 2 unspecified atom stereocenters. The predicted molar refractivity (Wildman–Crippen MR) is 80.7 cm³/mol. The molecule has 21 heavy (non-hydrogen) atoms. The lowest BCUT2D eigenvalue weighted by Gasteiger charge is -2.33. The second-order valence-electron chi connectivity index (χ2n) is 7.61. The van der Waals surface area contributed by atoms with Crippen molar-refractivity contribution in [3.63, 3.8) is 0 Å². The number of hydrogen-bond acceptors (Lipinski definition) is 4. The second kappa shape index (κ2) is 5.10. The fraction of sp³-hybridized carbons (Fsp3) is 0.824. The Labute approximate surface area is 127 Å². The molecule has 4 nitrogen and oxygen atoms in total. The van der Waals surface area contributed by atoms with Crippen LogP contribution >= 0.6 is 0 Å². The molecule has 3 aliphatic rings. The minimum atomic E-state index is -0.739. The van der Waals surface area contributed by atoms with E-state index in [4.69, 9.17) is 4.74 Å². The van der Waals surface area contributed by atoms with E-state index < -0.39 is 5.60 Å². The Bertz CT molecular complexity index is 480. The van der Waals surface area contributed by atoms with E-state index in [1.54, 1.807) is 0 Å². The molecule has 0 radical (unpaired) electrons. The lowest BCUT2D eigenvalue weighted by Crippen LogP contribution is -2.41. The van der Waals surface area contributed by atoms with Gasteiger partial charge in [-0.2, -0.15) is 0 Å². The third kappa shape index (κ3) is 2.42. The van der Waals surface area contributed by atoms with Crippen LogP contribution in [0.2, 0.25) is 0 Å². The van der Waals surface area contributed by atoms with Crippen LogP contribution in [0.5, 0.6) is 0 Å². The topological polar surface area (TPSA) is 49.8 Å². The minimum Gasteiger partial charge on any atom is -0.461 e. The van der Waals surface area contributed by atoms with Gasteiger partial charge in [0.15, 0.2) is 0 Å². The largest absolute Gasteiger partial charge is 0.461 e. The van der Waals surface area contributed by atoms with E-state index >= 15 is 0 Å². The van der Waals surface area contributed by atoms with E-state index in [9.17, 15) is 9.90 Å². The standard InChI is InChI=1S/C17H27NO3/c1-10-5-6-12-13(9-18(3)4)16(19)21-15(12)14-11(10)7-8-17(14,2)20/h12-15,20H,5-9H2,1-4H3/t12?,13-,14?,15-,17+/m0/s1. The highest BCUT2D eigenvalue weighted by molar-refractivity contribution is 5.76. The summed E-state index contributed by atoms with van der Waals surface area (Å²) in [5.41, 5.74) is 2.02. The molecule has 1 aliphatic heterocycles. The highest BCUT2D eigenvalue weighted by Crippen LogP contribution is 2.52. The number of carbonyl (C=O) groups excluding carboxylic acids is 1. The monoisotopic (exact) mass is 293 g/mol. The molecule has 1 N–H and O–H groups in total. The summed E-state index contributed by atoms with van der Waals surface area (Å²) in [5, 5.41) is 10.8. The van der Waals surface area contributed by atoms with Crippen molar-refractivity contribution in [1.29, 1.82) is 0 Å². The number of hydrogen-bond donors (Lipinski definition) is 1. The Morgan fingerprint density at radius 3 is 2.76 bits per heavy atom. The zero-order chi connectivity index (χ0) is 15.4. The zero-order valence-corrected chi connectivity index (χ0v) is 13.6. The number of esters is 1. The van der Waals surface area contributed by atoms with Crippen LogP contribution in [0.25, 0.3) is 0 Å². The van der Waals surface area contributed by atoms with Crippen LogP contribution in [-0.4, -0.2) is 48.3 Å². The van der Waals surface area contributed by atoms with E-state index in [-0.39, 0.29) is 29.8 Å². The maximum Gasteiger partial charge on any atom is 0.310 e. The van der Waals surface area contributed by atoms with Crippen molar-refractivity contribution in [3.8, 4) is 0 Å². The van der Waals surface area contributed by atoms with Gasteiger partial charge in [0.25, 0.3) is 0 Å². The Morgan fingerprint density at radius 1 is 1.38 bits per heavy atom. The average Bonchev–Trinajstić information content (AvgIpc) is 2.79. The molecule has 2 aliphatic carbocycles. The number of nitrogens with zero attached hydrogens (tertiary/aromatic N) is 1. The normalized spacial score (nSPS) is 42.9. The minimum absolute atomic E-state index is 0.00103. The fourth-order valence-corrected chi connectivity index (χ4v) is 4.65. The lowest BCUT2D eigenvalue weighted by molar-refractivity contribution is -0.148. The summed E-state index contributed by atoms with van der Waals surface area (Å²) in [7, 11) is 4.00. The molecule has 1 saturated heterocycles. The first-order chi connectivity index (χ1) is 9.81. The molecule has 118 valence electrons. The molecule has 0 aromatic heterocycles. The van der Waals surface area contributed by atoms with E-state index in [0.717, 1.165) is 32.2 Å². The summed E-state index contributed by atoms with van der Waals surface area (Å²) in [6.45, 7) is 4.84.